The molecule has 0 radical (unpaired) electrons. The molecule has 84 valence electrons. The van der Waals surface area contributed by atoms with Crippen molar-refractivity contribution < 1.29 is 14.3 Å². The lowest BCUT2D eigenvalue weighted by molar-refractivity contribution is -0.174. The van der Waals surface area contributed by atoms with E-state index in [1.807, 2.05) is 26.8 Å². The van der Waals surface area contributed by atoms with Crippen LogP contribution in [0.3, 0.4) is 0 Å². The van der Waals surface area contributed by atoms with Crippen molar-refractivity contribution in [2.24, 2.45) is 11.3 Å². The second-order valence-corrected chi connectivity index (χ2v) is 4.64. The number of cyclic esters (lactones) is 1. The van der Waals surface area contributed by atoms with Crippen LogP contribution in [0.25, 0.3) is 0 Å². The third-order valence-corrected chi connectivity index (χ3v) is 3.13. The molecule has 0 saturated carbocycles. The van der Waals surface area contributed by atoms with E-state index in [2.05, 4.69) is 0 Å². The number of rotatable bonds is 1. The molecule has 2 atom stereocenters. The molecule has 1 heterocycles. The first-order chi connectivity index (χ1) is 6.82. The highest BCUT2D eigenvalue weighted by Crippen LogP contribution is 2.34. The molecule has 0 N–H and O–H groups in total. The molecule has 0 spiro atoms. The first kappa shape index (κ1) is 12.0. The number of ether oxygens (including phenoxy) is 1. The lowest BCUT2D eigenvalue weighted by atomic mass is 9.76. The van der Waals surface area contributed by atoms with Crippen molar-refractivity contribution in [3.05, 3.63) is 11.6 Å². The molecule has 0 aromatic rings. The maximum absolute atomic E-state index is 12.0. The molecule has 0 bridgehead atoms. The first-order valence-corrected chi connectivity index (χ1v) is 5.20. The second-order valence-electron chi connectivity index (χ2n) is 4.64. The van der Waals surface area contributed by atoms with Crippen molar-refractivity contribution in [2.75, 3.05) is 0 Å². The number of hydrogen-bond donors (Lipinski definition) is 0. The summed E-state index contributed by atoms with van der Waals surface area (Å²) in [4.78, 5) is 23.6. The van der Waals surface area contributed by atoms with E-state index < -0.39 is 11.4 Å². The van der Waals surface area contributed by atoms with Crippen LogP contribution in [0.15, 0.2) is 11.6 Å². The number of esters is 1. The van der Waals surface area contributed by atoms with Crippen LogP contribution >= 0.6 is 0 Å². The summed E-state index contributed by atoms with van der Waals surface area (Å²) in [7, 11) is 0. The van der Waals surface area contributed by atoms with Gasteiger partial charge in [-0.3, -0.25) is 9.59 Å². The van der Waals surface area contributed by atoms with E-state index >= 15 is 0 Å². The summed E-state index contributed by atoms with van der Waals surface area (Å²) < 4.78 is 5.31. The quantitative estimate of drug-likeness (QED) is 0.378. The van der Waals surface area contributed by atoms with Gasteiger partial charge >= 0.3 is 5.97 Å². The topological polar surface area (TPSA) is 43.4 Å². The van der Waals surface area contributed by atoms with E-state index in [9.17, 15) is 9.59 Å². The third kappa shape index (κ3) is 1.83. The number of hydrogen-bond acceptors (Lipinski definition) is 3. The predicted molar refractivity (Wildman–Crippen MR) is 57.3 cm³/mol. The molecule has 0 amide bonds. The van der Waals surface area contributed by atoms with Crippen molar-refractivity contribution in [1.29, 1.82) is 0 Å². The Bertz CT molecular complexity index is 326. The van der Waals surface area contributed by atoms with Gasteiger partial charge in [-0.15, -0.1) is 0 Å². The Kier molecular flexibility index (Phi) is 3.03. The van der Waals surface area contributed by atoms with Crippen LogP contribution in [-0.4, -0.2) is 17.9 Å². The number of ketones is 1. The van der Waals surface area contributed by atoms with Gasteiger partial charge in [-0.1, -0.05) is 13.0 Å². The minimum atomic E-state index is -0.996. The normalized spacial score (nSPS) is 31.4. The summed E-state index contributed by atoms with van der Waals surface area (Å²) in [6, 6.07) is 0. The van der Waals surface area contributed by atoms with E-state index in [0.717, 1.165) is 5.57 Å². The average molecular weight is 210 g/mol. The van der Waals surface area contributed by atoms with Gasteiger partial charge < -0.3 is 4.74 Å². The molecular weight excluding hydrogens is 192 g/mol. The molecule has 0 aromatic heterocycles. The highest BCUT2D eigenvalue weighted by molar-refractivity contribution is 6.06. The van der Waals surface area contributed by atoms with Crippen molar-refractivity contribution in [1.82, 2.24) is 0 Å². The van der Waals surface area contributed by atoms with Gasteiger partial charge in [-0.05, 0) is 33.3 Å². The van der Waals surface area contributed by atoms with Gasteiger partial charge in [0, 0.05) is 0 Å². The predicted octanol–water partition coefficient (Wildman–Crippen LogP) is 2.11. The van der Waals surface area contributed by atoms with Crippen molar-refractivity contribution in [2.45, 2.75) is 40.7 Å². The van der Waals surface area contributed by atoms with Gasteiger partial charge in [0.05, 0.1) is 5.92 Å². The van der Waals surface area contributed by atoms with Crippen LogP contribution in [0.4, 0.5) is 0 Å². The van der Waals surface area contributed by atoms with E-state index in [4.69, 9.17) is 4.74 Å². The molecule has 1 fully saturated rings. The Morgan fingerprint density at radius 2 is 1.93 bits per heavy atom. The zero-order valence-corrected chi connectivity index (χ0v) is 9.96. The van der Waals surface area contributed by atoms with Crippen LogP contribution in [0, 0.1) is 11.3 Å². The number of Topliss-reactive ketones (excluding diaryl/α,β-unsaturated/α-hetero) is 1. The number of carbonyl (C=O) groups excluding carboxylic acids is 2. The Balaban J connectivity index is 3.03. The van der Waals surface area contributed by atoms with E-state index in [-0.39, 0.29) is 17.8 Å². The highest BCUT2D eigenvalue weighted by Gasteiger charge is 2.48. The largest absolute Gasteiger partial charge is 0.456 e. The maximum atomic E-state index is 12.0. The zero-order valence-electron chi connectivity index (χ0n) is 9.96. The summed E-state index contributed by atoms with van der Waals surface area (Å²) >= 11 is 0. The van der Waals surface area contributed by atoms with Crippen LogP contribution in [-0.2, 0) is 14.3 Å². The standard InChI is InChI=1S/C12H18O3/c1-6-7(2)9-8(3)10(13)12(4,5)11(14)15-9/h6,8-9H,1-5H3. The monoisotopic (exact) mass is 210 g/mol. The van der Waals surface area contributed by atoms with Crippen LogP contribution in [0.1, 0.15) is 34.6 Å². The van der Waals surface area contributed by atoms with Gasteiger partial charge in [-0.2, -0.15) is 0 Å². The molecule has 3 heteroatoms. The molecular formula is C12H18O3. The molecule has 2 unspecified atom stereocenters. The fourth-order valence-corrected chi connectivity index (χ4v) is 1.82. The number of allylic oxidation sites excluding steroid dienone is 1. The molecule has 3 nitrogen and oxygen atoms in total. The summed E-state index contributed by atoms with van der Waals surface area (Å²) in [6.07, 6.45) is 1.49. The van der Waals surface area contributed by atoms with Crippen molar-refractivity contribution in [3.8, 4) is 0 Å². The summed E-state index contributed by atoms with van der Waals surface area (Å²) in [5.74, 6) is -0.712. The Hall–Kier alpha value is -1.12. The van der Waals surface area contributed by atoms with Crippen molar-refractivity contribution in [3.63, 3.8) is 0 Å². The fourth-order valence-electron chi connectivity index (χ4n) is 1.82. The molecule has 1 saturated heterocycles. The molecule has 1 rings (SSSR count). The highest BCUT2D eigenvalue weighted by atomic mass is 16.5. The average Bonchev–Trinajstić information content (AvgIpc) is 2.20. The van der Waals surface area contributed by atoms with Crippen molar-refractivity contribution >= 4 is 11.8 Å². The van der Waals surface area contributed by atoms with E-state index in [1.165, 1.54) is 0 Å². The summed E-state index contributed by atoms with van der Waals surface area (Å²) in [6.45, 7) is 8.80. The number of carbonyl (C=O) groups is 2. The summed E-state index contributed by atoms with van der Waals surface area (Å²) in [5, 5.41) is 0. The van der Waals surface area contributed by atoms with Gasteiger partial charge in [0.1, 0.15) is 11.5 Å². The smallest absolute Gasteiger partial charge is 0.319 e. The van der Waals surface area contributed by atoms with Crippen LogP contribution in [0.2, 0.25) is 0 Å². The first-order valence-electron chi connectivity index (χ1n) is 5.20. The zero-order chi connectivity index (χ0) is 11.8. The van der Waals surface area contributed by atoms with Gasteiger partial charge in [0.25, 0.3) is 0 Å². The molecule has 1 aliphatic rings. The molecule has 0 aromatic carbocycles. The fraction of sp³-hybridized carbons (Fsp3) is 0.667. The molecule has 0 aliphatic carbocycles. The van der Waals surface area contributed by atoms with E-state index in [1.54, 1.807) is 13.8 Å². The molecule has 15 heavy (non-hydrogen) atoms. The Labute approximate surface area is 90.5 Å². The van der Waals surface area contributed by atoms with Crippen LogP contribution in [0.5, 0.6) is 0 Å². The third-order valence-electron chi connectivity index (χ3n) is 3.13. The summed E-state index contributed by atoms with van der Waals surface area (Å²) in [5.41, 5.74) is -0.0658. The van der Waals surface area contributed by atoms with Crippen LogP contribution < -0.4 is 0 Å². The lowest BCUT2D eigenvalue weighted by Crippen LogP contribution is -2.50. The lowest BCUT2D eigenvalue weighted by Gasteiger charge is -2.36. The molecule has 1 aliphatic heterocycles. The Morgan fingerprint density at radius 1 is 1.40 bits per heavy atom. The minimum absolute atomic E-state index is 0.0371. The van der Waals surface area contributed by atoms with Gasteiger partial charge in [-0.25, -0.2) is 0 Å². The second kappa shape index (κ2) is 3.80. The SMILES string of the molecule is CC=C(C)C1OC(=O)C(C)(C)C(=O)C1C. The van der Waals surface area contributed by atoms with Gasteiger partial charge in [0.2, 0.25) is 0 Å². The Morgan fingerprint density at radius 3 is 2.40 bits per heavy atom. The minimum Gasteiger partial charge on any atom is -0.456 e. The van der Waals surface area contributed by atoms with Gasteiger partial charge in [0.15, 0.2) is 5.78 Å². The maximum Gasteiger partial charge on any atom is 0.319 e. The van der Waals surface area contributed by atoms with E-state index in [0.29, 0.717) is 0 Å².